The first kappa shape index (κ1) is 10.5. The number of hydrogen-bond donors (Lipinski definition) is 2. The molecule has 1 aromatic rings. The number of pyridine rings is 1. The Morgan fingerprint density at radius 3 is 2.71 bits per heavy atom. The van der Waals surface area contributed by atoms with Gasteiger partial charge in [0.05, 0.1) is 11.4 Å². The van der Waals surface area contributed by atoms with E-state index >= 15 is 0 Å². The van der Waals surface area contributed by atoms with Crippen molar-refractivity contribution in [3.05, 3.63) is 23.5 Å². The van der Waals surface area contributed by atoms with Crippen molar-refractivity contribution in [2.75, 3.05) is 5.32 Å². The van der Waals surface area contributed by atoms with Crippen molar-refractivity contribution in [2.45, 2.75) is 26.8 Å². The maximum Gasteiger partial charge on any atom is 0.325 e. The number of nitrogens with zero attached hydrogens (tertiary/aromatic N) is 1. The first-order valence-electron chi connectivity index (χ1n) is 4.44. The van der Waals surface area contributed by atoms with Gasteiger partial charge in [0.25, 0.3) is 0 Å². The van der Waals surface area contributed by atoms with Crippen molar-refractivity contribution in [3.8, 4) is 0 Å². The molecule has 0 bridgehead atoms. The first-order valence-corrected chi connectivity index (χ1v) is 4.44. The van der Waals surface area contributed by atoms with E-state index in [2.05, 4.69) is 10.3 Å². The molecule has 0 amide bonds. The average molecular weight is 194 g/mol. The van der Waals surface area contributed by atoms with Gasteiger partial charge >= 0.3 is 5.97 Å². The Morgan fingerprint density at radius 2 is 2.21 bits per heavy atom. The summed E-state index contributed by atoms with van der Waals surface area (Å²) in [4.78, 5) is 14.7. The van der Waals surface area contributed by atoms with Crippen LogP contribution in [0, 0.1) is 13.8 Å². The van der Waals surface area contributed by atoms with Gasteiger partial charge in [0.1, 0.15) is 6.04 Å². The fourth-order valence-electron chi connectivity index (χ4n) is 1.19. The predicted molar refractivity (Wildman–Crippen MR) is 54.4 cm³/mol. The number of nitrogens with one attached hydrogen (secondary N) is 1. The van der Waals surface area contributed by atoms with Crippen LogP contribution in [0.4, 0.5) is 5.69 Å². The second-order valence-electron chi connectivity index (χ2n) is 3.29. The maximum absolute atomic E-state index is 10.6. The molecule has 0 spiro atoms. The van der Waals surface area contributed by atoms with Crippen molar-refractivity contribution < 1.29 is 9.90 Å². The second-order valence-corrected chi connectivity index (χ2v) is 3.29. The molecular formula is C10H14N2O2. The standard InChI is InChI=1S/C10H14N2O2/c1-6-4-5-11-7(2)9(6)12-8(3)10(13)14/h4-5,8,12H,1-3H3,(H,13,14). The summed E-state index contributed by atoms with van der Waals surface area (Å²) < 4.78 is 0. The van der Waals surface area contributed by atoms with Gasteiger partial charge in [-0.3, -0.25) is 9.78 Å². The van der Waals surface area contributed by atoms with Crippen LogP contribution >= 0.6 is 0 Å². The highest BCUT2D eigenvalue weighted by molar-refractivity contribution is 5.77. The molecular weight excluding hydrogens is 180 g/mol. The lowest BCUT2D eigenvalue weighted by molar-refractivity contribution is -0.137. The zero-order valence-electron chi connectivity index (χ0n) is 8.53. The maximum atomic E-state index is 10.6. The van der Waals surface area contributed by atoms with Gasteiger partial charge in [0.2, 0.25) is 0 Å². The fourth-order valence-corrected chi connectivity index (χ4v) is 1.19. The van der Waals surface area contributed by atoms with E-state index in [4.69, 9.17) is 5.11 Å². The molecule has 4 heteroatoms. The molecule has 2 N–H and O–H groups in total. The Kier molecular flexibility index (Phi) is 3.06. The third kappa shape index (κ3) is 2.22. The van der Waals surface area contributed by atoms with Gasteiger partial charge in [-0.15, -0.1) is 0 Å². The topological polar surface area (TPSA) is 62.2 Å². The number of hydrogen-bond acceptors (Lipinski definition) is 3. The Bertz CT molecular complexity index is 330. The van der Waals surface area contributed by atoms with Crippen LogP contribution in [0.1, 0.15) is 18.2 Å². The van der Waals surface area contributed by atoms with Crippen molar-refractivity contribution in [1.82, 2.24) is 4.98 Å². The van der Waals surface area contributed by atoms with Crippen LogP contribution in [0.15, 0.2) is 12.3 Å². The number of aromatic nitrogens is 1. The van der Waals surface area contributed by atoms with Crippen LogP contribution in [0.2, 0.25) is 0 Å². The third-order valence-corrected chi connectivity index (χ3v) is 2.08. The Hall–Kier alpha value is -1.58. The highest BCUT2D eigenvalue weighted by atomic mass is 16.4. The minimum absolute atomic E-state index is 0.600. The first-order chi connectivity index (χ1) is 6.52. The molecule has 1 atom stereocenters. The molecule has 1 aromatic heterocycles. The number of carboxylic acid groups (broad SMARTS) is 1. The van der Waals surface area contributed by atoms with Crippen LogP contribution in [0.5, 0.6) is 0 Å². The molecule has 0 fully saturated rings. The number of aliphatic carboxylic acids is 1. The summed E-state index contributed by atoms with van der Waals surface area (Å²) in [5.74, 6) is -0.868. The van der Waals surface area contributed by atoms with Crippen LogP contribution in [0.3, 0.4) is 0 Å². The Labute approximate surface area is 83.0 Å². The summed E-state index contributed by atoms with van der Waals surface area (Å²) in [6.07, 6.45) is 1.71. The quantitative estimate of drug-likeness (QED) is 0.767. The number of anilines is 1. The lowest BCUT2D eigenvalue weighted by Crippen LogP contribution is -2.26. The predicted octanol–water partition coefficient (Wildman–Crippen LogP) is 1.58. The fraction of sp³-hybridized carbons (Fsp3) is 0.400. The van der Waals surface area contributed by atoms with Gasteiger partial charge in [0.15, 0.2) is 0 Å². The highest BCUT2D eigenvalue weighted by Crippen LogP contribution is 2.17. The molecule has 1 heterocycles. The summed E-state index contributed by atoms with van der Waals surface area (Å²) in [5.41, 5.74) is 2.63. The smallest absolute Gasteiger partial charge is 0.325 e. The molecule has 1 rings (SSSR count). The molecule has 0 aliphatic heterocycles. The van der Waals surface area contributed by atoms with Crippen molar-refractivity contribution >= 4 is 11.7 Å². The normalized spacial score (nSPS) is 12.2. The summed E-state index contributed by atoms with van der Waals surface area (Å²) in [5, 5.41) is 11.7. The van der Waals surface area contributed by atoms with E-state index in [9.17, 15) is 4.79 Å². The molecule has 0 aliphatic rings. The van der Waals surface area contributed by atoms with E-state index in [0.717, 1.165) is 16.9 Å². The lowest BCUT2D eigenvalue weighted by atomic mass is 10.2. The van der Waals surface area contributed by atoms with Crippen molar-refractivity contribution in [3.63, 3.8) is 0 Å². The third-order valence-electron chi connectivity index (χ3n) is 2.08. The Balaban J connectivity index is 2.91. The van der Waals surface area contributed by atoms with Gasteiger partial charge in [-0.25, -0.2) is 0 Å². The minimum atomic E-state index is -0.868. The van der Waals surface area contributed by atoms with E-state index in [1.165, 1.54) is 0 Å². The lowest BCUT2D eigenvalue weighted by Gasteiger charge is -2.14. The second kappa shape index (κ2) is 4.09. The van der Waals surface area contributed by atoms with Gasteiger partial charge in [0, 0.05) is 6.20 Å². The highest BCUT2D eigenvalue weighted by Gasteiger charge is 2.12. The summed E-state index contributed by atoms with van der Waals surface area (Å²) in [6.45, 7) is 5.38. The largest absolute Gasteiger partial charge is 0.480 e. The Morgan fingerprint density at radius 1 is 1.57 bits per heavy atom. The van der Waals surface area contributed by atoms with Crippen LogP contribution in [-0.2, 0) is 4.79 Å². The van der Waals surface area contributed by atoms with Crippen molar-refractivity contribution in [2.24, 2.45) is 0 Å². The molecule has 14 heavy (non-hydrogen) atoms. The molecule has 76 valence electrons. The molecule has 4 nitrogen and oxygen atoms in total. The van der Waals surface area contributed by atoms with Crippen molar-refractivity contribution in [1.29, 1.82) is 0 Å². The van der Waals surface area contributed by atoms with Crippen LogP contribution < -0.4 is 5.32 Å². The molecule has 1 unspecified atom stereocenters. The van der Waals surface area contributed by atoms with Gasteiger partial charge in [-0.2, -0.15) is 0 Å². The number of carbonyl (C=O) groups is 1. The van der Waals surface area contributed by atoms with E-state index in [1.807, 2.05) is 19.9 Å². The number of carboxylic acids is 1. The van der Waals surface area contributed by atoms with Crippen LogP contribution in [-0.4, -0.2) is 22.1 Å². The minimum Gasteiger partial charge on any atom is -0.480 e. The molecule has 0 aliphatic carbocycles. The van der Waals surface area contributed by atoms with Gasteiger partial charge in [-0.05, 0) is 32.4 Å². The molecule has 0 aromatic carbocycles. The van der Waals surface area contributed by atoms with Gasteiger partial charge in [-0.1, -0.05) is 0 Å². The SMILES string of the molecule is Cc1ccnc(C)c1NC(C)C(=O)O. The zero-order chi connectivity index (χ0) is 10.7. The summed E-state index contributed by atoms with van der Waals surface area (Å²) in [6, 6.07) is 1.25. The summed E-state index contributed by atoms with van der Waals surface area (Å²) in [7, 11) is 0. The molecule has 0 saturated carbocycles. The number of aryl methyl sites for hydroxylation is 2. The number of rotatable bonds is 3. The van der Waals surface area contributed by atoms with E-state index in [0.29, 0.717) is 0 Å². The van der Waals surface area contributed by atoms with Gasteiger partial charge < -0.3 is 10.4 Å². The molecule has 0 saturated heterocycles. The van der Waals surface area contributed by atoms with E-state index < -0.39 is 12.0 Å². The average Bonchev–Trinajstić information content (AvgIpc) is 2.11. The van der Waals surface area contributed by atoms with E-state index in [-0.39, 0.29) is 0 Å². The van der Waals surface area contributed by atoms with E-state index in [1.54, 1.807) is 13.1 Å². The monoisotopic (exact) mass is 194 g/mol. The van der Waals surface area contributed by atoms with Crippen LogP contribution in [0.25, 0.3) is 0 Å². The molecule has 0 radical (unpaired) electrons. The summed E-state index contributed by atoms with van der Waals surface area (Å²) >= 11 is 0. The zero-order valence-corrected chi connectivity index (χ0v) is 8.53.